The summed E-state index contributed by atoms with van der Waals surface area (Å²) in [5.41, 5.74) is 1.39. The molecule has 1 aliphatic heterocycles. The molecule has 0 unspecified atom stereocenters. The van der Waals surface area contributed by atoms with Crippen molar-refractivity contribution in [3.8, 4) is 0 Å². The molecule has 2 heterocycles. The lowest BCUT2D eigenvalue weighted by molar-refractivity contribution is 0.0655. The quantitative estimate of drug-likeness (QED) is 0.779. The van der Waals surface area contributed by atoms with Crippen LogP contribution in [0.1, 0.15) is 46.2 Å². The molecule has 1 aromatic carbocycles. The van der Waals surface area contributed by atoms with Gasteiger partial charge in [-0.15, -0.1) is 0 Å². The van der Waals surface area contributed by atoms with Gasteiger partial charge in [0.1, 0.15) is 5.69 Å². The van der Waals surface area contributed by atoms with Gasteiger partial charge in [0, 0.05) is 19.3 Å². The number of nitrogens with zero attached hydrogens (tertiary/aromatic N) is 2. The minimum Gasteiger partial charge on any atom is -0.272 e. The molecule has 7 nitrogen and oxygen atoms in total. The number of rotatable bonds is 6. The molecule has 0 spiro atoms. The third-order valence-electron chi connectivity index (χ3n) is 4.22. The van der Waals surface area contributed by atoms with Gasteiger partial charge in [0.2, 0.25) is 10.0 Å². The number of carbonyl (C=O) groups excluding carboxylic acids is 2. The maximum atomic E-state index is 12.4. The monoisotopic (exact) mass is 373 g/mol. The second-order valence-corrected chi connectivity index (χ2v) is 8.05. The molecule has 8 heteroatoms. The second kappa shape index (κ2) is 6.97. The van der Waals surface area contributed by atoms with Crippen LogP contribution in [0, 0.1) is 0 Å². The number of hydrogen-bond donors (Lipinski definition) is 1. The van der Waals surface area contributed by atoms with Crippen LogP contribution in [0.5, 0.6) is 0 Å². The van der Waals surface area contributed by atoms with E-state index in [1.54, 1.807) is 30.3 Å². The van der Waals surface area contributed by atoms with Gasteiger partial charge in [0.25, 0.3) is 11.8 Å². The molecule has 0 aliphatic carbocycles. The number of fused-ring (bicyclic) bond motifs is 1. The van der Waals surface area contributed by atoms with Gasteiger partial charge in [-0.25, -0.2) is 13.1 Å². The van der Waals surface area contributed by atoms with Crippen molar-refractivity contribution in [2.75, 3.05) is 13.1 Å². The largest absolute Gasteiger partial charge is 0.280 e. The van der Waals surface area contributed by atoms with Crippen LogP contribution in [0.3, 0.4) is 0 Å². The average Bonchev–Trinajstić information content (AvgIpc) is 2.87. The molecule has 0 saturated heterocycles. The van der Waals surface area contributed by atoms with Crippen LogP contribution in [0.4, 0.5) is 0 Å². The predicted molar refractivity (Wildman–Crippen MR) is 95.3 cm³/mol. The molecule has 0 bridgehead atoms. The van der Waals surface area contributed by atoms with Crippen molar-refractivity contribution in [1.29, 1.82) is 0 Å². The van der Waals surface area contributed by atoms with Crippen molar-refractivity contribution in [2.24, 2.45) is 0 Å². The average molecular weight is 373 g/mol. The summed E-state index contributed by atoms with van der Waals surface area (Å²) in [6.07, 6.45) is 1.44. The molecular weight excluding hydrogens is 354 g/mol. The molecule has 1 N–H and O–H groups in total. The standard InChI is InChI=1S/C18H19N3O4S/c1-12(2)13-5-7-14(8-6-13)26(24,25)20-10-11-21-17(22)15-4-3-9-19-16(15)18(21)23/h3-9,12,20H,10-11H2,1-2H3. The minimum atomic E-state index is -3.71. The summed E-state index contributed by atoms with van der Waals surface area (Å²) >= 11 is 0. The fourth-order valence-corrected chi connectivity index (χ4v) is 3.74. The number of benzene rings is 1. The molecule has 2 amide bonds. The number of aromatic nitrogens is 1. The van der Waals surface area contributed by atoms with E-state index in [0.717, 1.165) is 10.5 Å². The van der Waals surface area contributed by atoms with E-state index in [1.165, 1.54) is 12.3 Å². The van der Waals surface area contributed by atoms with Crippen molar-refractivity contribution in [3.63, 3.8) is 0 Å². The number of sulfonamides is 1. The molecule has 0 radical (unpaired) electrons. The van der Waals surface area contributed by atoms with E-state index in [2.05, 4.69) is 9.71 Å². The van der Waals surface area contributed by atoms with Crippen molar-refractivity contribution >= 4 is 21.8 Å². The van der Waals surface area contributed by atoms with E-state index < -0.39 is 21.8 Å². The Balaban J connectivity index is 1.64. The lowest BCUT2D eigenvalue weighted by atomic mass is 10.0. The Hall–Kier alpha value is -2.58. The van der Waals surface area contributed by atoms with Crippen LogP contribution in [0.2, 0.25) is 0 Å². The summed E-state index contributed by atoms with van der Waals surface area (Å²) in [7, 11) is -3.71. The van der Waals surface area contributed by atoms with E-state index in [-0.39, 0.29) is 29.2 Å². The zero-order chi connectivity index (χ0) is 18.9. The smallest absolute Gasteiger partial charge is 0.272 e. The summed E-state index contributed by atoms with van der Waals surface area (Å²) in [5.74, 6) is -0.660. The van der Waals surface area contributed by atoms with E-state index in [4.69, 9.17) is 0 Å². The Kier molecular flexibility index (Phi) is 4.88. The number of nitrogens with one attached hydrogen (secondary N) is 1. The lowest BCUT2D eigenvalue weighted by Gasteiger charge is -2.14. The molecule has 0 fully saturated rings. The van der Waals surface area contributed by atoms with E-state index in [9.17, 15) is 18.0 Å². The molecular formula is C18H19N3O4S. The van der Waals surface area contributed by atoms with Crippen LogP contribution in [-0.2, 0) is 10.0 Å². The van der Waals surface area contributed by atoms with Crippen molar-refractivity contribution < 1.29 is 18.0 Å². The highest BCUT2D eigenvalue weighted by atomic mass is 32.2. The number of amides is 2. The molecule has 2 aromatic rings. The molecule has 0 atom stereocenters. The summed E-state index contributed by atoms with van der Waals surface area (Å²) < 4.78 is 27.1. The van der Waals surface area contributed by atoms with Gasteiger partial charge in [0.15, 0.2) is 0 Å². The molecule has 0 saturated carbocycles. The molecule has 1 aromatic heterocycles. The highest BCUT2D eigenvalue weighted by Gasteiger charge is 2.36. The first kappa shape index (κ1) is 18.2. The maximum absolute atomic E-state index is 12.4. The Bertz CT molecular complexity index is 918. The first-order valence-electron chi connectivity index (χ1n) is 8.22. The van der Waals surface area contributed by atoms with Crippen molar-refractivity contribution in [1.82, 2.24) is 14.6 Å². The Labute approximate surface area is 152 Å². The van der Waals surface area contributed by atoms with Gasteiger partial charge in [0.05, 0.1) is 10.5 Å². The third kappa shape index (κ3) is 3.38. The van der Waals surface area contributed by atoms with Gasteiger partial charge in [-0.3, -0.25) is 19.5 Å². The fourth-order valence-electron chi connectivity index (χ4n) is 2.72. The van der Waals surface area contributed by atoms with E-state index in [0.29, 0.717) is 5.92 Å². The lowest BCUT2D eigenvalue weighted by Crippen LogP contribution is -2.38. The summed E-state index contributed by atoms with van der Waals surface area (Å²) in [5, 5.41) is 0. The summed E-state index contributed by atoms with van der Waals surface area (Å²) in [6.45, 7) is 3.93. The SMILES string of the molecule is CC(C)c1ccc(S(=O)(=O)NCCN2C(=O)c3cccnc3C2=O)cc1. The normalized spacial score (nSPS) is 14.2. The Morgan fingerprint density at radius 1 is 1.08 bits per heavy atom. The number of carbonyl (C=O) groups is 2. The second-order valence-electron chi connectivity index (χ2n) is 6.28. The van der Waals surface area contributed by atoms with Crippen LogP contribution in [-0.4, -0.2) is 43.2 Å². The van der Waals surface area contributed by atoms with Gasteiger partial charge in [-0.2, -0.15) is 0 Å². The predicted octanol–water partition coefficient (Wildman–Crippen LogP) is 1.78. The zero-order valence-corrected chi connectivity index (χ0v) is 15.3. The van der Waals surface area contributed by atoms with Crippen LogP contribution in [0.15, 0.2) is 47.5 Å². The number of imide groups is 1. The first-order chi connectivity index (χ1) is 12.3. The van der Waals surface area contributed by atoms with Crippen LogP contribution >= 0.6 is 0 Å². The van der Waals surface area contributed by atoms with Gasteiger partial charge in [-0.05, 0) is 35.7 Å². The van der Waals surface area contributed by atoms with Crippen molar-refractivity contribution in [3.05, 3.63) is 59.4 Å². The van der Waals surface area contributed by atoms with E-state index in [1.807, 2.05) is 13.8 Å². The summed E-state index contributed by atoms with van der Waals surface area (Å²) in [4.78, 5) is 29.5. The first-order valence-corrected chi connectivity index (χ1v) is 9.70. The van der Waals surface area contributed by atoms with Crippen LogP contribution in [0.25, 0.3) is 0 Å². The highest BCUT2D eigenvalue weighted by Crippen LogP contribution is 2.20. The Morgan fingerprint density at radius 3 is 2.38 bits per heavy atom. The topological polar surface area (TPSA) is 96.4 Å². The van der Waals surface area contributed by atoms with E-state index >= 15 is 0 Å². The van der Waals surface area contributed by atoms with Crippen molar-refractivity contribution in [2.45, 2.75) is 24.7 Å². The molecule has 136 valence electrons. The fraction of sp³-hybridized carbons (Fsp3) is 0.278. The number of pyridine rings is 1. The summed E-state index contributed by atoms with van der Waals surface area (Å²) in [6, 6.07) is 9.75. The Morgan fingerprint density at radius 2 is 1.77 bits per heavy atom. The minimum absolute atomic E-state index is 0.0582. The maximum Gasteiger partial charge on any atom is 0.280 e. The highest BCUT2D eigenvalue weighted by molar-refractivity contribution is 7.89. The van der Waals surface area contributed by atoms with Gasteiger partial charge < -0.3 is 0 Å². The molecule has 26 heavy (non-hydrogen) atoms. The van der Waals surface area contributed by atoms with Gasteiger partial charge in [-0.1, -0.05) is 26.0 Å². The third-order valence-corrected chi connectivity index (χ3v) is 5.69. The molecule has 3 rings (SSSR count). The zero-order valence-electron chi connectivity index (χ0n) is 14.5. The van der Waals surface area contributed by atoms with Crippen LogP contribution < -0.4 is 4.72 Å². The molecule has 1 aliphatic rings. The van der Waals surface area contributed by atoms with Gasteiger partial charge >= 0.3 is 0 Å². The number of hydrogen-bond acceptors (Lipinski definition) is 5.